The molecule has 21 heavy (non-hydrogen) atoms. The van der Waals surface area contributed by atoms with Crippen molar-refractivity contribution < 1.29 is 22.7 Å². The van der Waals surface area contributed by atoms with E-state index in [1.807, 2.05) is 4.90 Å². The molecule has 1 aliphatic rings. The van der Waals surface area contributed by atoms with Gasteiger partial charge in [-0.25, -0.2) is 4.39 Å². The molecule has 0 atom stereocenters. The molecule has 0 saturated carbocycles. The minimum atomic E-state index is -4.67. The topological polar surface area (TPSA) is 26.7 Å². The van der Waals surface area contributed by atoms with Gasteiger partial charge in [0.1, 0.15) is 5.82 Å². The summed E-state index contributed by atoms with van der Waals surface area (Å²) in [4.78, 5) is 4.13. The minimum absolute atomic E-state index is 0.104. The molecule has 118 valence electrons. The quantitative estimate of drug-likeness (QED) is 0.862. The molecule has 1 aromatic carbocycles. The number of hydrogen-bond donors (Lipinski definition) is 1. The van der Waals surface area contributed by atoms with Gasteiger partial charge in [-0.05, 0) is 17.7 Å². The Morgan fingerprint density at radius 3 is 2.24 bits per heavy atom. The summed E-state index contributed by atoms with van der Waals surface area (Å²) in [6.07, 6.45) is -4.67. The number of aliphatic hydroxyl groups excluding tert-OH is 1. The largest absolute Gasteiger partial charge is 0.419 e. The molecule has 0 unspecified atom stereocenters. The summed E-state index contributed by atoms with van der Waals surface area (Å²) in [5.41, 5.74) is -0.752. The first kappa shape index (κ1) is 16.2. The molecule has 3 nitrogen and oxygen atoms in total. The minimum Gasteiger partial charge on any atom is -0.395 e. The molecule has 1 fully saturated rings. The second-order valence-electron chi connectivity index (χ2n) is 5.15. The Morgan fingerprint density at radius 2 is 1.67 bits per heavy atom. The average Bonchev–Trinajstić information content (AvgIpc) is 2.42. The van der Waals surface area contributed by atoms with E-state index < -0.39 is 17.6 Å². The van der Waals surface area contributed by atoms with E-state index in [9.17, 15) is 17.6 Å². The van der Waals surface area contributed by atoms with Crippen molar-refractivity contribution in [3.05, 3.63) is 35.1 Å². The van der Waals surface area contributed by atoms with Gasteiger partial charge in [0.25, 0.3) is 0 Å². The van der Waals surface area contributed by atoms with Crippen molar-refractivity contribution >= 4 is 0 Å². The lowest BCUT2D eigenvalue weighted by atomic mass is 10.1. The van der Waals surface area contributed by atoms with Crippen molar-refractivity contribution in [1.82, 2.24) is 9.80 Å². The first-order valence-corrected chi connectivity index (χ1v) is 6.81. The van der Waals surface area contributed by atoms with Crippen molar-refractivity contribution in [3.8, 4) is 0 Å². The van der Waals surface area contributed by atoms with Gasteiger partial charge in [0.05, 0.1) is 12.2 Å². The highest BCUT2D eigenvalue weighted by Crippen LogP contribution is 2.32. The van der Waals surface area contributed by atoms with E-state index in [1.165, 1.54) is 6.07 Å². The van der Waals surface area contributed by atoms with Crippen molar-refractivity contribution in [2.24, 2.45) is 0 Å². The summed E-state index contributed by atoms with van der Waals surface area (Å²) in [6.45, 7) is 4.07. The second-order valence-corrected chi connectivity index (χ2v) is 5.15. The molecule has 1 aromatic rings. The van der Waals surface area contributed by atoms with Crippen LogP contribution in [0.4, 0.5) is 17.6 Å². The Balaban J connectivity index is 1.98. The smallest absolute Gasteiger partial charge is 0.395 e. The fourth-order valence-corrected chi connectivity index (χ4v) is 2.46. The standard InChI is InChI=1S/C14H18F4N2O/c15-13-2-1-11(9-12(13)14(16,17)18)10-20-5-3-19(4-6-20)7-8-21/h1-2,9,21H,3-8,10H2. The van der Waals surface area contributed by atoms with Crippen LogP contribution in [-0.2, 0) is 12.7 Å². The van der Waals surface area contributed by atoms with E-state index in [-0.39, 0.29) is 6.61 Å². The molecule has 2 rings (SSSR count). The van der Waals surface area contributed by atoms with Crippen LogP contribution in [0, 0.1) is 5.82 Å². The molecular formula is C14H18F4N2O. The summed E-state index contributed by atoms with van der Waals surface area (Å²) >= 11 is 0. The molecule has 0 aliphatic carbocycles. The molecule has 0 radical (unpaired) electrons. The summed E-state index contributed by atoms with van der Waals surface area (Å²) in [5.74, 6) is -1.24. The fourth-order valence-electron chi connectivity index (χ4n) is 2.46. The second kappa shape index (κ2) is 6.72. The van der Waals surface area contributed by atoms with Gasteiger partial charge in [-0.2, -0.15) is 13.2 Å². The molecule has 0 spiro atoms. The predicted octanol–water partition coefficient (Wildman–Crippen LogP) is 1.95. The zero-order valence-corrected chi connectivity index (χ0v) is 11.5. The number of nitrogens with zero attached hydrogens (tertiary/aromatic N) is 2. The van der Waals surface area contributed by atoms with Crippen LogP contribution in [0.25, 0.3) is 0 Å². The van der Waals surface area contributed by atoms with Crippen LogP contribution in [0.5, 0.6) is 0 Å². The van der Waals surface area contributed by atoms with Gasteiger partial charge in [0.15, 0.2) is 0 Å². The van der Waals surface area contributed by atoms with Crippen molar-refractivity contribution in [2.75, 3.05) is 39.3 Å². The fraction of sp³-hybridized carbons (Fsp3) is 0.571. The summed E-state index contributed by atoms with van der Waals surface area (Å²) in [5, 5.41) is 8.86. The molecule has 0 amide bonds. The Labute approximate surface area is 120 Å². The van der Waals surface area contributed by atoms with Crippen LogP contribution in [-0.4, -0.2) is 54.2 Å². The van der Waals surface area contributed by atoms with Gasteiger partial charge >= 0.3 is 6.18 Å². The third-order valence-electron chi connectivity index (χ3n) is 3.62. The third kappa shape index (κ3) is 4.39. The zero-order valence-electron chi connectivity index (χ0n) is 11.5. The number of halogens is 4. The summed E-state index contributed by atoms with van der Waals surface area (Å²) in [7, 11) is 0. The first-order valence-electron chi connectivity index (χ1n) is 6.81. The summed E-state index contributed by atoms with van der Waals surface area (Å²) in [6, 6.07) is 3.15. The van der Waals surface area contributed by atoms with Gasteiger partial charge in [-0.1, -0.05) is 6.07 Å². The van der Waals surface area contributed by atoms with Crippen molar-refractivity contribution in [2.45, 2.75) is 12.7 Å². The van der Waals surface area contributed by atoms with Crippen LogP contribution in [0.1, 0.15) is 11.1 Å². The lowest BCUT2D eigenvalue weighted by molar-refractivity contribution is -0.140. The SMILES string of the molecule is OCCN1CCN(Cc2ccc(F)c(C(F)(F)F)c2)CC1. The molecule has 1 saturated heterocycles. The van der Waals surface area contributed by atoms with E-state index >= 15 is 0 Å². The predicted molar refractivity (Wildman–Crippen MR) is 70.2 cm³/mol. The van der Waals surface area contributed by atoms with Gasteiger partial charge in [-0.3, -0.25) is 9.80 Å². The van der Waals surface area contributed by atoms with E-state index in [0.29, 0.717) is 18.7 Å². The van der Waals surface area contributed by atoms with Crippen LogP contribution in [0.15, 0.2) is 18.2 Å². The number of β-amino-alcohol motifs (C(OH)–C–C–N with tert-alkyl or cyclic N) is 1. The number of aliphatic hydroxyl groups is 1. The van der Waals surface area contributed by atoms with Crippen LogP contribution in [0.2, 0.25) is 0 Å². The highest BCUT2D eigenvalue weighted by molar-refractivity contribution is 5.27. The zero-order chi connectivity index (χ0) is 15.5. The number of hydrogen-bond acceptors (Lipinski definition) is 3. The Morgan fingerprint density at radius 1 is 1.05 bits per heavy atom. The third-order valence-corrected chi connectivity index (χ3v) is 3.62. The highest BCUT2D eigenvalue weighted by atomic mass is 19.4. The number of alkyl halides is 3. The molecule has 0 aromatic heterocycles. The normalized spacial score (nSPS) is 18.1. The Hall–Kier alpha value is -1.18. The molecular weight excluding hydrogens is 288 g/mol. The number of benzene rings is 1. The summed E-state index contributed by atoms with van der Waals surface area (Å²) < 4.78 is 51.2. The first-order chi connectivity index (χ1) is 9.90. The molecule has 0 bridgehead atoms. The Bertz CT molecular complexity index is 471. The molecule has 1 aliphatic heterocycles. The van der Waals surface area contributed by atoms with E-state index in [4.69, 9.17) is 5.11 Å². The van der Waals surface area contributed by atoms with Gasteiger partial charge in [0, 0.05) is 39.3 Å². The number of rotatable bonds is 4. The lowest BCUT2D eigenvalue weighted by Crippen LogP contribution is -2.46. The molecule has 1 N–H and O–H groups in total. The maximum Gasteiger partial charge on any atom is 0.419 e. The molecule has 7 heteroatoms. The monoisotopic (exact) mass is 306 g/mol. The van der Waals surface area contributed by atoms with Crippen molar-refractivity contribution in [1.29, 1.82) is 0 Å². The van der Waals surface area contributed by atoms with Gasteiger partial charge in [-0.15, -0.1) is 0 Å². The van der Waals surface area contributed by atoms with E-state index in [1.54, 1.807) is 0 Å². The van der Waals surface area contributed by atoms with E-state index in [2.05, 4.69) is 4.90 Å². The average molecular weight is 306 g/mol. The van der Waals surface area contributed by atoms with Crippen LogP contribution >= 0.6 is 0 Å². The lowest BCUT2D eigenvalue weighted by Gasteiger charge is -2.34. The highest BCUT2D eigenvalue weighted by Gasteiger charge is 2.34. The number of piperazine rings is 1. The van der Waals surface area contributed by atoms with E-state index in [0.717, 1.165) is 38.3 Å². The van der Waals surface area contributed by atoms with Gasteiger partial charge < -0.3 is 5.11 Å². The van der Waals surface area contributed by atoms with Crippen LogP contribution in [0.3, 0.4) is 0 Å². The van der Waals surface area contributed by atoms with Gasteiger partial charge in [0.2, 0.25) is 0 Å². The Kier molecular flexibility index (Phi) is 5.18. The maximum atomic E-state index is 13.2. The maximum absolute atomic E-state index is 13.2. The van der Waals surface area contributed by atoms with Crippen LogP contribution < -0.4 is 0 Å². The molecule has 1 heterocycles. The van der Waals surface area contributed by atoms with Crippen molar-refractivity contribution in [3.63, 3.8) is 0 Å².